The van der Waals surface area contributed by atoms with E-state index < -0.39 is 17.7 Å². The van der Waals surface area contributed by atoms with Crippen molar-refractivity contribution in [1.29, 1.82) is 0 Å². The van der Waals surface area contributed by atoms with Crippen LogP contribution in [0.4, 0.5) is 9.59 Å². The third kappa shape index (κ3) is 6.15. The molecular weight excluding hydrogens is 683 g/mol. The van der Waals surface area contributed by atoms with Crippen LogP contribution < -0.4 is 5.32 Å². The van der Waals surface area contributed by atoms with Crippen LogP contribution >= 0.6 is 0 Å². The first-order valence-corrected chi connectivity index (χ1v) is 19.1. The highest BCUT2D eigenvalue weighted by molar-refractivity contribution is 5.92. The first kappa shape index (κ1) is 34.4. The summed E-state index contributed by atoms with van der Waals surface area (Å²) in [5, 5.41) is 4.96. The molecule has 3 unspecified atom stereocenters. The smallest absolute Gasteiger partial charge is 0.411 e. The van der Waals surface area contributed by atoms with Gasteiger partial charge in [0.2, 0.25) is 5.91 Å². The van der Waals surface area contributed by atoms with Crippen molar-refractivity contribution < 1.29 is 23.9 Å². The number of methoxy groups -OCH3 is 1. The zero-order valence-electron chi connectivity index (χ0n) is 31.6. The number of fused-ring (bicyclic) bond motifs is 4. The van der Waals surface area contributed by atoms with E-state index in [2.05, 4.69) is 63.8 Å². The van der Waals surface area contributed by atoms with Crippen molar-refractivity contribution in [2.75, 3.05) is 7.11 Å². The molecule has 9 rings (SSSR count). The normalized spacial score (nSPS) is 24.8. The molecule has 2 aliphatic heterocycles. The average molecular weight is 730 g/mol. The standard InChI is InChI=1S/C42H47N7O5/c1-21(2)36(47-40(51)53-6)39(50)48-32-16-27(32)18-34(48)37-43-20-31(46-37)26-10-9-22-13-23(7-8-24(22)14-26)25-11-12-29-30(15-25)45-38(44-29)35-19-28-17-33(28)49(35)41(52)54-42(3,4)5/h7-15,20-21,27-28,32-36H,16-19H2,1-6H3,(H,43,46)(H,44,45)(H,47,51)/t27-,28?,32-,33?,34+,35?,36+/m1/s1. The molecule has 12 heteroatoms. The van der Waals surface area contributed by atoms with Crippen molar-refractivity contribution in [2.24, 2.45) is 17.8 Å². The second-order valence-corrected chi connectivity index (χ2v) is 16.9. The topological polar surface area (TPSA) is 146 Å². The SMILES string of the molecule is COC(=O)N[C@H](C(=O)N1[C@@H]2C[C@@H]2C[C@H]1c1ncc(-c2ccc3cc(-c4ccc5nc(C6CC7CC7N6C(=O)OC(C)(C)C)[nH]c5c4)ccc3c2)[nH]1)C(C)C. The molecule has 3 N–H and O–H groups in total. The van der Waals surface area contributed by atoms with E-state index >= 15 is 0 Å². The van der Waals surface area contributed by atoms with Crippen LogP contribution in [0.25, 0.3) is 44.2 Å². The van der Waals surface area contributed by atoms with Gasteiger partial charge < -0.3 is 29.7 Å². The average Bonchev–Trinajstić information content (AvgIpc) is 3.76. The molecule has 4 fully saturated rings. The predicted molar refractivity (Wildman–Crippen MR) is 204 cm³/mol. The largest absolute Gasteiger partial charge is 0.453 e. The van der Waals surface area contributed by atoms with Gasteiger partial charge in [-0.15, -0.1) is 0 Å². The molecule has 7 atom stereocenters. The summed E-state index contributed by atoms with van der Waals surface area (Å²) in [7, 11) is 1.31. The Labute approximate surface area is 314 Å². The number of hydrogen-bond donors (Lipinski definition) is 3. The number of rotatable bonds is 7. The lowest BCUT2D eigenvalue weighted by molar-refractivity contribution is -0.136. The molecule has 4 heterocycles. The Balaban J connectivity index is 0.928. The lowest BCUT2D eigenvalue weighted by Crippen LogP contribution is -2.52. The Morgan fingerprint density at radius 1 is 0.815 bits per heavy atom. The van der Waals surface area contributed by atoms with E-state index in [1.54, 1.807) is 0 Å². The number of hydrogen-bond acceptors (Lipinski definition) is 7. The van der Waals surface area contributed by atoms with Gasteiger partial charge in [0.25, 0.3) is 0 Å². The molecule has 0 spiro atoms. The highest BCUT2D eigenvalue weighted by Crippen LogP contribution is 2.54. The van der Waals surface area contributed by atoms with Gasteiger partial charge >= 0.3 is 12.2 Å². The maximum Gasteiger partial charge on any atom is 0.411 e. The number of ether oxygens (including phenoxy) is 2. The van der Waals surface area contributed by atoms with Crippen LogP contribution in [0.1, 0.15) is 84.0 Å². The minimum Gasteiger partial charge on any atom is -0.453 e. The van der Waals surface area contributed by atoms with Crippen LogP contribution in [0.3, 0.4) is 0 Å². The Kier molecular flexibility index (Phi) is 8.02. The van der Waals surface area contributed by atoms with Crippen molar-refractivity contribution in [3.63, 3.8) is 0 Å². The molecule has 2 saturated heterocycles. The minimum absolute atomic E-state index is 0.0905. The summed E-state index contributed by atoms with van der Waals surface area (Å²) in [6.45, 7) is 9.56. The quantitative estimate of drug-likeness (QED) is 0.155. The van der Waals surface area contributed by atoms with E-state index in [0.717, 1.165) is 81.5 Å². The zero-order chi connectivity index (χ0) is 37.6. The van der Waals surface area contributed by atoms with Crippen LogP contribution in [-0.4, -0.2) is 78.7 Å². The van der Waals surface area contributed by atoms with Crippen molar-refractivity contribution in [3.8, 4) is 22.4 Å². The van der Waals surface area contributed by atoms with E-state index in [0.29, 0.717) is 11.8 Å². The fourth-order valence-electron chi connectivity index (χ4n) is 8.77. The maximum atomic E-state index is 13.8. The number of alkyl carbamates (subject to hydrolysis) is 1. The molecule has 12 nitrogen and oxygen atoms in total. The fraction of sp³-hybridized carbons (Fsp3) is 0.452. The fourth-order valence-corrected chi connectivity index (χ4v) is 8.77. The highest BCUT2D eigenvalue weighted by atomic mass is 16.6. The Morgan fingerprint density at radius 2 is 1.44 bits per heavy atom. The molecule has 2 aliphatic carbocycles. The number of amides is 3. The van der Waals surface area contributed by atoms with Gasteiger partial charge in [0.1, 0.15) is 23.3 Å². The van der Waals surface area contributed by atoms with Gasteiger partial charge in [-0.25, -0.2) is 19.6 Å². The van der Waals surface area contributed by atoms with E-state index in [1.165, 1.54) is 7.11 Å². The lowest BCUT2D eigenvalue weighted by atomic mass is 9.99. The summed E-state index contributed by atoms with van der Waals surface area (Å²) < 4.78 is 10.6. The third-order valence-electron chi connectivity index (χ3n) is 11.7. The molecule has 54 heavy (non-hydrogen) atoms. The zero-order valence-corrected chi connectivity index (χ0v) is 31.6. The molecule has 3 aromatic carbocycles. The third-order valence-corrected chi connectivity index (χ3v) is 11.7. The number of carbonyl (C=O) groups is 3. The predicted octanol–water partition coefficient (Wildman–Crippen LogP) is 7.89. The van der Waals surface area contributed by atoms with E-state index in [9.17, 15) is 14.4 Å². The number of likely N-dealkylation sites (tertiary alicyclic amines) is 2. The molecular formula is C42H47N7O5. The Bertz CT molecular complexity index is 2300. The van der Waals surface area contributed by atoms with Gasteiger partial charge in [-0.1, -0.05) is 44.2 Å². The van der Waals surface area contributed by atoms with Gasteiger partial charge in [-0.3, -0.25) is 9.69 Å². The molecule has 0 radical (unpaired) electrons. The summed E-state index contributed by atoms with van der Waals surface area (Å²) in [6.07, 6.45) is 4.75. The lowest BCUT2D eigenvalue weighted by Gasteiger charge is -2.31. The van der Waals surface area contributed by atoms with Crippen molar-refractivity contribution in [2.45, 2.75) is 96.1 Å². The summed E-state index contributed by atoms with van der Waals surface area (Å²) >= 11 is 0. The highest BCUT2D eigenvalue weighted by Gasteiger charge is 2.57. The van der Waals surface area contributed by atoms with Gasteiger partial charge in [0.15, 0.2) is 0 Å². The van der Waals surface area contributed by atoms with Gasteiger partial charge in [0.05, 0.1) is 42.1 Å². The van der Waals surface area contributed by atoms with Gasteiger partial charge in [-0.05, 0) is 110 Å². The summed E-state index contributed by atoms with van der Waals surface area (Å²) in [5.41, 5.74) is 5.35. The summed E-state index contributed by atoms with van der Waals surface area (Å²) in [4.78, 5) is 59.6. The number of aromatic amines is 2. The molecule has 280 valence electrons. The van der Waals surface area contributed by atoms with Crippen LogP contribution in [-0.2, 0) is 14.3 Å². The number of piperidine rings is 2. The number of carbonyl (C=O) groups excluding carboxylic acids is 3. The van der Waals surface area contributed by atoms with Gasteiger partial charge in [-0.2, -0.15) is 0 Å². The number of nitrogens with zero attached hydrogens (tertiary/aromatic N) is 4. The van der Waals surface area contributed by atoms with E-state index in [1.807, 2.05) is 56.7 Å². The van der Waals surface area contributed by atoms with Crippen LogP contribution in [0.15, 0.2) is 60.8 Å². The number of aromatic nitrogens is 4. The molecule has 4 aliphatic rings. The van der Waals surface area contributed by atoms with Crippen LogP contribution in [0, 0.1) is 17.8 Å². The molecule has 2 saturated carbocycles. The Hall–Kier alpha value is -5.39. The van der Waals surface area contributed by atoms with Crippen molar-refractivity contribution in [1.82, 2.24) is 35.1 Å². The van der Waals surface area contributed by atoms with Crippen LogP contribution in [0.2, 0.25) is 0 Å². The Morgan fingerprint density at radius 3 is 2.13 bits per heavy atom. The van der Waals surface area contributed by atoms with E-state index in [-0.39, 0.29) is 42.1 Å². The first-order chi connectivity index (χ1) is 25.8. The number of benzene rings is 3. The maximum absolute atomic E-state index is 13.8. The number of nitrogens with one attached hydrogen (secondary N) is 3. The number of imidazole rings is 2. The second-order valence-electron chi connectivity index (χ2n) is 16.9. The van der Waals surface area contributed by atoms with Crippen molar-refractivity contribution in [3.05, 3.63) is 72.4 Å². The molecule has 2 aromatic heterocycles. The molecule has 0 bridgehead atoms. The molecule has 5 aromatic rings. The summed E-state index contributed by atoms with van der Waals surface area (Å²) in [6, 6.07) is 18.6. The second kappa shape index (κ2) is 12.6. The van der Waals surface area contributed by atoms with Crippen LogP contribution in [0.5, 0.6) is 0 Å². The number of H-pyrrole nitrogens is 2. The van der Waals surface area contributed by atoms with Crippen molar-refractivity contribution >= 4 is 39.9 Å². The van der Waals surface area contributed by atoms with Gasteiger partial charge in [0, 0.05) is 17.6 Å². The molecule has 3 amide bonds. The minimum atomic E-state index is -0.669. The summed E-state index contributed by atoms with van der Waals surface area (Å²) in [5.74, 6) is 2.36. The first-order valence-electron chi connectivity index (χ1n) is 19.1. The van der Waals surface area contributed by atoms with E-state index in [4.69, 9.17) is 19.4 Å². The monoisotopic (exact) mass is 729 g/mol.